The standard InChI is InChI=1S/C15H25FN2/c1-12-6-7-13(10-14(12)16)11-18(5)9-8-17-15(2,3)4/h6-7,10,17H,8-9,11H2,1-5H3. The minimum atomic E-state index is -0.117. The number of nitrogens with zero attached hydrogens (tertiary/aromatic N) is 1. The van der Waals surface area contributed by atoms with Gasteiger partial charge in [-0.2, -0.15) is 0 Å². The molecule has 0 aliphatic rings. The number of hydrogen-bond acceptors (Lipinski definition) is 2. The van der Waals surface area contributed by atoms with Gasteiger partial charge in [0.1, 0.15) is 5.82 Å². The summed E-state index contributed by atoms with van der Waals surface area (Å²) in [4.78, 5) is 2.20. The van der Waals surface area contributed by atoms with Gasteiger partial charge in [-0.15, -0.1) is 0 Å². The molecule has 0 unspecified atom stereocenters. The van der Waals surface area contributed by atoms with Crippen LogP contribution in [0.25, 0.3) is 0 Å². The first kappa shape index (κ1) is 15.1. The summed E-state index contributed by atoms with van der Waals surface area (Å²) in [6, 6.07) is 5.46. The fourth-order valence-corrected chi connectivity index (χ4v) is 1.75. The van der Waals surface area contributed by atoms with E-state index in [2.05, 4.69) is 38.0 Å². The molecule has 0 amide bonds. The number of hydrogen-bond donors (Lipinski definition) is 1. The van der Waals surface area contributed by atoms with E-state index in [4.69, 9.17) is 0 Å². The third-order valence-corrected chi connectivity index (χ3v) is 2.84. The Bertz CT molecular complexity index is 383. The highest BCUT2D eigenvalue weighted by Gasteiger charge is 2.09. The van der Waals surface area contributed by atoms with Crippen LogP contribution < -0.4 is 5.32 Å². The molecule has 1 aromatic rings. The molecule has 1 N–H and O–H groups in total. The molecule has 0 fully saturated rings. The van der Waals surface area contributed by atoms with Crippen molar-refractivity contribution < 1.29 is 4.39 Å². The number of nitrogens with one attached hydrogen (secondary N) is 1. The zero-order chi connectivity index (χ0) is 13.8. The van der Waals surface area contributed by atoms with Gasteiger partial charge in [-0.05, 0) is 51.9 Å². The van der Waals surface area contributed by atoms with Gasteiger partial charge in [0.05, 0.1) is 0 Å². The predicted octanol–water partition coefficient (Wildman–Crippen LogP) is 2.95. The SMILES string of the molecule is Cc1ccc(CN(C)CCNC(C)(C)C)cc1F. The third kappa shape index (κ3) is 5.61. The lowest BCUT2D eigenvalue weighted by Gasteiger charge is -2.23. The zero-order valence-electron chi connectivity index (χ0n) is 12.2. The summed E-state index contributed by atoms with van der Waals surface area (Å²) in [7, 11) is 2.06. The van der Waals surface area contributed by atoms with Crippen molar-refractivity contribution in [3.63, 3.8) is 0 Å². The van der Waals surface area contributed by atoms with Crippen molar-refractivity contribution >= 4 is 0 Å². The molecule has 0 saturated carbocycles. The van der Waals surface area contributed by atoms with Crippen LogP contribution in [0.4, 0.5) is 4.39 Å². The fourth-order valence-electron chi connectivity index (χ4n) is 1.75. The van der Waals surface area contributed by atoms with E-state index in [1.54, 1.807) is 13.0 Å². The van der Waals surface area contributed by atoms with Gasteiger partial charge >= 0.3 is 0 Å². The van der Waals surface area contributed by atoms with Crippen LogP contribution in [0.3, 0.4) is 0 Å². The Kier molecular flexibility index (Phi) is 5.29. The molecular weight excluding hydrogens is 227 g/mol. The van der Waals surface area contributed by atoms with Gasteiger partial charge < -0.3 is 10.2 Å². The minimum absolute atomic E-state index is 0.117. The second-order valence-electron chi connectivity index (χ2n) is 6.00. The summed E-state index contributed by atoms with van der Waals surface area (Å²) in [6.45, 7) is 10.9. The van der Waals surface area contributed by atoms with Gasteiger partial charge in [-0.3, -0.25) is 0 Å². The third-order valence-electron chi connectivity index (χ3n) is 2.84. The molecule has 0 spiro atoms. The summed E-state index contributed by atoms with van der Waals surface area (Å²) in [6.07, 6.45) is 0. The van der Waals surface area contributed by atoms with Crippen molar-refractivity contribution in [2.24, 2.45) is 0 Å². The molecule has 18 heavy (non-hydrogen) atoms. The highest BCUT2D eigenvalue weighted by Crippen LogP contribution is 2.10. The van der Waals surface area contributed by atoms with Gasteiger partial charge in [-0.1, -0.05) is 12.1 Å². The minimum Gasteiger partial charge on any atom is -0.311 e. The Morgan fingerprint density at radius 3 is 2.50 bits per heavy atom. The maximum Gasteiger partial charge on any atom is 0.126 e. The summed E-state index contributed by atoms with van der Waals surface area (Å²) in [5, 5.41) is 3.44. The summed E-state index contributed by atoms with van der Waals surface area (Å²) < 4.78 is 13.4. The molecule has 1 aromatic carbocycles. The molecule has 3 heteroatoms. The average molecular weight is 252 g/mol. The molecule has 0 aromatic heterocycles. The van der Waals surface area contributed by atoms with Crippen LogP contribution in [0.15, 0.2) is 18.2 Å². The van der Waals surface area contributed by atoms with E-state index in [0.29, 0.717) is 5.56 Å². The van der Waals surface area contributed by atoms with Gasteiger partial charge in [0.15, 0.2) is 0 Å². The first-order valence-corrected chi connectivity index (χ1v) is 6.46. The van der Waals surface area contributed by atoms with Crippen molar-refractivity contribution in [1.82, 2.24) is 10.2 Å². The average Bonchev–Trinajstić information content (AvgIpc) is 2.21. The fraction of sp³-hybridized carbons (Fsp3) is 0.600. The number of rotatable bonds is 5. The molecule has 0 aliphatic carbocycles. The molecule has 0 saturated heterocycles. The molecule has 102 valence electrons. The van der Waals surface area contributed by atoms with Gasteiger partial charge in [0, 0.05) is 25.2 Å². The number of halogens is 1. The van der Waals surface area contributed by atoms with Gasteiger partial charge in [-0.25, -0.2) is 4.39 Å². The molecule has 0 aliphatic heterocycles. The lowest BCUT2D eigenvalue weighted by Crippen LogP contribution is -2.40. The van der Waals surface area contributed by atoms with Crippen LogP contribution in [0.2, 0.25) is 0 Å². The van der Waals surface area contributed by atoms with E-state index in [9.17, 15) is 4.39 Å². The van der Waals surface area contributed by atoms with E-state index in [-0.39, 0.29) is 11.4 Å². The van der Waals surface area contributed by atoms with Crippen LogP contribution in [0, 0.1) is 12.7 Å². The molecule has 0 heterocycles. The van der Waals surface area contributed by atoms with E-state index < -0.39 is 0 Å². The van der Waals surface area contributed by atoms with Crippen LogP contribution in [-0.2, 0) is 6.54 Å². The largest absolute Gasteiger partial charge is 0.311 e. The van der Waals surface area contributed by atoms with Gasteiger partial charge in [0.25, 0.3) is 0 Å². The number of likely N-dealkylation sites (N-methyl/N-ethyl adjacent to an activating group) is 1. The van der Waals surface area contributed by atoms with E-state index in [1.807, 2.05) is 12.1 Å². The van der Waals surface area contributed by atoms with Crippen molar-refractivity contribution in [3.8, 4) is 0 Å². The monoisotopic (exact) mass is 252 g/mol. The zero-order valence-corrected chi connectivity index (χ0v) is 12.2. The highest BCUT2D eigenvalue weighted by molar-refractivity contribution is 5.23. The first-order valence-electron chi connectivity index (χ1n) is 6.46. The Labute approximate surface area is 110 Å². The molecule has 2 nitrogen and oxygen atoms in total. The highest BCUT2D eigenvalue weighted by atomic mass is 19.1. The normalized spacial score (nSPS) is 12.2. The van der Waals surface area contributed by atoms with Crippen molar-refractivity contribution in [2.45, 2.75) is 39.8 Å². The maximum absolute atomic E-state index is 13.4. The van der Waals surface area contributed by atoms with Crippen LogP contribution in [0.5, 0.6) is 0 Å². The first-order chi connectivity index (χ1) is 8.28. The summed E-state index contributed by atoms with van der Waals surface area (Å²) in [5.41, 5.74) is 1.88. The molecule has 0 bridgehead atoms. The molecule has 0 radical (unpaired) electrons. The Morgan fingerprint density at radius 2 is 1.94 bits per heavy atom. The smallest absolute Gasteiger partial charge is 0.126 e. The number of benzene rings is 1. The van der Waals surface area contributed by atoms with E-state index in [1.165, 1.54) is 0 Å². The maximum atomic E-state index is 13.4. The second-order valence-corrected chi connectivity index (χ2v) is 6.00. The van der Waals surface area contributed by atoms with Crippen LogP contribution in [0.1, 0.15) is 31.9 Å². The lowest BCUT2D eigenvalue weighted by atomic mass is 10.1. The van der Waals surface area contributed by atoms with Crippen LogP contribution >= 0.6 is 0 Å². The second kappa shape index (κ2) is 6.30. The molecular formula is C15H25FN2. The Hall–Kier alpha value is -0.930. The number of aryl methyl sites for hydroxylation is 1. The predicted molar refractivity (Wildman–Crippen MR) is 75.2 cm³/mol. The Balaban J connectivity index is 2.40. The quantitative estimate of drug-likeness (QED) is 0.866. The van der Waals surface area contributed by atoms with E-state index in [0.717, 1.165) is 25.2 Å². The lowest BCUT2D eigenvalue weighted by molar-refractivity contribution is 0.303. The summed E-state index contributed by atoms with van der Waals surface area (Å²) >= 11 is 0. The van der Waals surface area contributed by atoms with Crippen molar-refractivity contribution in [1.29, 1.82) is 0 Å². The van der Waals surface area contributed by atoms with Crippen LogP contribution in [-0.4, -0.2) is 30.6 Å². The van der Waals surface area contributed by atoms with Crippen molar-refractivity contribution in [3.05, 3.63) is 35.1 Å². The summed E-state index contributed by atoms with van der Waals surface area (Å²) in [5.74, 6) is -0.117. The molecule has 1 rings (SSSR count). The van der Waals surface area contributed by atoms with E-state index >= 15 is 0 Å². The topological polar surface area (TPSA) is 15.3 Å². The Morgan fingerprint density at radius 1 is 1.28 bits per heavy atom. The molecule has 0 atom stereocenters. The van der Waals surface area contributed by atoms with Gasteiger partial charge in [0.2, 0.25) is 0 Å². The van der Waals surface area contributed by atoms with Crippen molar-refractivity contribution in [2.75, 3.05) is 20.1 Å².